The fourth-order valence-corrected chi connectivity index (χ4v) is 2.97. The summed E-state index contributed by atoms with van der Waals surface area (Å²) < 4.78 is 0. The Morgan fingerprint density at radius 3 is 2.62 bits per heavy atom. The Balaban J connectivity index is 2.01. The van der Waals surface area contributed by atoms with Crippen molar-refractivity contribution in [1.29, 1.82) is 0 Å². The Hall–Kier alpha value is -0.440. The average molecular weight is 182 g/mol. The predicted molar refractivity (Wildman–Crippen MR) is 52.6 cm³/mol. The van der Waals surface area contributed by atoms with E-state index in [-0.39, 0.29) is 5.54 Å². The quantitative estimate of drug-likeness (QED) is 0.625. The van der Waals surface area contributed by atoms with Crippen LogP contribution in [0.1, 0.15) is 32.6 Å². The summed E-state index contributed by atoms with van der Waals surface area (Å²) in [4.78, 5) is 12.7. The van der Waals surface area contributed by atoms with Crippen LogP contribution in [0.15, 0.2) is 5.18 Å². The number of piperidine rings is 3. The van der Waals surface area contributed by atoms with Gasteiger partial charge in [-0.2, -0.15) is 4.91 Å². The van der Waals surface area contributed by atoms with E-state index < -0.39 is 0 Å². The molecule has 0 aromatic heterocycles. The van der Waals surface area contributed by atoms with Crippen LogP contribution in [0.4, 0.5) is 0 Å². The number of nitrogens with zero attached hydrogens (tertiary/aromatic N) is 2. The summed E-state index contributed by atoms with van der Waals surface area (Å²) in [5.41, 5.74) is 0.287. The molecule has 2 bridgehead atoms. The van der Waals surface area contributed by atoms with Crippen molar-refractivity contribution in [3.05, 3.63) is 4.91 Å². The van der Waals surface area contributed by atoms with Crippen molar-refractivity contribution in [1.82, 2.24) is 4.90 Å². The molecule has 0 amide bonds. The third kappa shape index (κ3) is 1.62. The second-order valence-electron chi connectivity index (χ2n) is 4.73. The molecule has 3 heteroatoms. The minimum atomic E-state index is 0.287. The van der Waals surface area contributed by atoms with E-state index in [0.717, 1.165) is 12.3 Å². The fraction of sp³-hybridized carbons (Fsp3) is 1.00. The van der Waals surface area contributed by atoms with Crippen LogP contribution in [0.5, 0.6) is 0 Å². The molecule has 3 nitrogen and oxygen atoms in total. The molecule has 0 radical (unpaired) electrons. The molecule has 3 aliphatic heterocycles. The number of fused-ring (bicyclic) bond motifs is 3. The molecular formula is C10H18N2O. The number of rotatable bonds is 3. The first-order valence-corrected chi connectivity index (χ1v) is 5.29. The second kappa shape index (κ2) is 3.37. The summed E-state index contributed by atoms with van der Waals surface area (Å²) in [6.45, 7) is 5.25. The fourth-order valence-electron chi connectivity index (χ4n) is 2.97. The van der Waals surface area contributed by atoms with E-state index in [9.17, 15) is 4.91 Å². The minimum Gasteiger partial charge on any atom is -0.298 e. The molecule has 3 heterocycles. The van der Waals surface area contributed by atoms with Crippen LogP contribution < -0.4 is 0 Å². The lowest BCUT2D eigenvalue weighted by Gasteiger charge is -2.52. The van der Waals surface area contributed by atoms with Crippen molar-refractivity contribution in [3.8, 4) is 0 Å². The smallest absolute Gasteiger partial charge is 0.0828 e. The predicted octanol–water partition coefficient (Wildman–Crippen LogP) is 2.02. The molecule has 0 saturated carbocycles. The Kier molecular flexibility index (Phi) is 2.37. The highest BCUT2D eigenvalue weighted by molar-refractivity contribution is 4.97. The molecule has 3 rings (SSSR count). The third-order valence-electron chi connectivity index (χ3n) is 3.85. The van der Waals surface area contributed by atoms with Gasteiger partial charge >= 0.3 is 0 Å². The zero-order valence-corrected chi connectivity index (χ0v) is 8.33. The van der Waals surface area contributed by atoms with E-state index in [1.807, 2.05) is 0 Å². The second-order valence-corrected chi connectivity index (χ2v) is 4.73. The zero-order chi connectivity index (χ0) is 9.31. The molecule has 3 fully saturated rings. The minimum absolute atomic E-state index is 0.287. The van der Waals surface area contributed by atoms with Crippen LogP contribution in [0.25, 0.3) is 0 Å². The molecule has 0 aromatic carbocycles. The Bertz CT molecular complexity index is 199. The van der Waals surface area contributed by atoms with E-state index in [4.69, 9.17) is 0 Å². The third-order valence-corrected chi connectivity index (χ3v) is 3.85. The lowest BCUT2D eigenvalue weighted by Crippen LogP contribution is -2.56. The summed E-state index contributed by atoms with van der Waals surface area (Å²) in [6.07, 6.45) is 4.96. The van der Waals surface area contributed by atoms with Gasteiger partial charge in [0.25, 0.3) is 0 Å². The van der Waals surface area contributed by atoms with Crippen LogP contribution >= 0.6 is 0 Å². The summed E-state index contributed by atoms with van der Waals surface area (Å²) in [5.74, 6) is 0.918. The highest BCUT2D eigenvalue weighted by atomic mass is 16.3. The van der Waals surface area contributed by atoms with Gasteiger partial charge in [-0.3, -0.25) is 4.90 Å². The van der Waals surface area contributed by atoms with Gasteiger partial charge in [0.05, 0.1) is 6.54 Å². The van der Waals surface area contributed by atoms with Gasteiger partial charge in [0.2, 0.25) is 0 Å². The number of hydrogen-bond acceptors (Lipinski definition) is 3. The maximum absolute atomic E-state index is 10.1. The Morgan fingerprint density at radius 1 is 1.46 bits per heavy atom. The summed E-state index contributed by atoms with van der Waals surface area (Å²) in [5, 5.41) is 2.98. The number of nitroso groups, excluding NO2 is 1. The van der Waals surface area contributed by atoms with Crippen molar-refractivity contribution in [3.63, 3.8) is 0 Å². The molecule has 1 atom stereocenters. The van der Waals surface area contributed by atoms with Gasteiger partial charge < -0.3 is 0 Å². The monoisotopic (exact) mass is 182 g/mol. The molecule has 74 valence electrons. The topological polar surface area (TPSA) is 32.7 Å². The molecule has 0 spiro atoms. The molecular weight excluding hydrogens is 164 g/mol. The first kappa shape index (κ1) is 9.13. The average Bonchev–Trinajstić information content (AvgIpc) is 2.16. The molecule has 1 unspecified atom stereocenters. The summed E-state index contributed by atoms with van der Waals surface area (Å²) in [6, 6.07) is 0. The normalized spacial score (nSPS) is 43.5. The van der Waals surface area contributed by atoms with Crippen molar-refractivity contribution in [2.45, 2.75) is 38.1 Å². The van der Waals surface area contributed by atoms with Gasteiger partial charge in [0, 0.05) is 5.54 Å². The molecule has 0 aromatic rings. The number of hydrogen-bond donors (Lipinski definition) is 0. The highest BCUT2D eigenvalue weighted by Gasteiger charge is 2.41. The maximum atomic E-state index is 10.1. The van der Waals surface area contributed by atoms with E-state index in [1.54, 1.807) is 0 Å². The molecule has 0 N–H and O–H groups in total. The van der Waals surface area contributed by atoms with Gasteiger partial charge in [0.1, 0.15) is 0 Å². The van der Waals surface area contributed by atoms with Gasteiger partial charge in [0.15, 0.2) is 0 Å². The van der Waals surface area contributed by atoms with Gasteiger partial charge in [-0.1, -0.05) is 5.18 Å². The highest BCUT2D eigenvalue weighted by Crippen LogP contribution is 2.40. The molecule has 13 heavy (non-hydrogen) atoms. The van der Waals surface area contributed by atoms with Gasteiger partial charge in [-0.15, -0.1) is 0 Å². The van der Waals surface area contributed by atoms with E-state index in [2.05, 4.69) is 17.0 Å². The van der Waals surface area contributed by atoms with Crippen molar-refractivity contribution in [2.75, 3.05) is 19.6 Å². The summed E-state index contributed by atoms with van der Waals surface area (Å²) in [7, 11) is 0. The van der Waals surface area contributed by atoms with Crippen LogP contribution in [0, 0.1) is 10.8 Å². The zero-order valence-electron chi connectivity index (χ0n) is 8.33. The SMILES string of the molecule is CC1(CCN=O)CC2CCN1CC2. The standard InChI is InChI=1S/C10H18N2O/c1-10(4-5-11-13)8-9-2-6-12(10)7-3-9/h9H,2-8H2,1H3. The van der Waals surface area contributed by atoms with Crippen molar-refractivity contribution < 1.29 is 0 Å². The maximum Gasteiger partial charge on any atom is 0.0828 e. The van der Waals surface area contributed by atoms with Crippen LogP contribution in [0.3, 0.4) is 0 Å². The van der Waals surface area contributed by atoms with Crippen molar-refractivity contribution in [2.24, 2.45) is 11.1 Å². The Labute approximate surface area is 79.5 Å². The van der Waals surface area contributed by atoms with Crippen LogP contribution in [-0.4, -0.2) is 30.1 Å². The first-order valence-electron chi connectivity index (χ1n) is 5.29. The van der Waals surface area contributed by atoms with Gasteiger partial charge in [-0.25, -0.2) is 0 Å². The largest absolute Gasteiger partial charge is 0.298 e. The lowest BCUT2D eigenvalue weighted by molar-refractivity contribution is -0.0213. The van der Waals surface area contributed by atoms with E-state index in [1.165, 1.54) is 32.4 Å². The molecule has 3 saturated heterocycles. The van der Waals surface area contributed by atoms with E-state index >= 15 is 0 Å². The van der Waals surface area contributed by atoms with Crippen LogP contribution in [-0.2, 0) is 0 Å². The van der Waals surface area contributed by atoms with Gasteiger partial charge in [-0.05, 0) is 51.6 Å². The van der Waals surface area contributed by atoms with E-state index in [0.29, 0.717) is 6.54 Å². The lowest BCUT2D eigenvalue weighted by atomic mass is 9.74. The Morgan fingerprint density at radius 2 is 2.15 bits per heavy atom. The summed E-state index contributed by atoms with van der Waals surface area (Å²) >= 11 is 0. The van der Waals surface area contributed by atoms with Crippen LogP contribution in [0.2, 0.25) is 0 Å². The molecule has 3 aliphatic rings. The van der Waals surface area contributed by atoms with Crippen molar-refractivity contribution >= 4 is 0 Å². The molecule has 0 aliphatic carbocycles. The first-order chi connectivity index (χ1) is 6.24.